The zero-order valence-corrected chi connectivity index (χ0v) is 14.1. The summed E-state index contributed by atoms with van der Waals surface area (Å²) in [6, 6.07) is 12.4. The Bertz CT molecular complexity index is 823. The van der Waals surface area contributed by atoms with Gasteiger partial charge in [-0.25, -0.2) is 18.6 Å². The Morgan fingerprint density at radius 3 is 2.60 bits per heavy atom. The van der Waals surface area contributed by atoms with Crippen LogP contribution in [-0.2, 0) is 5.54 Å². The van der Waals surface area contributed by atoms with Crippen LogP contribution in [0, 0.1) is 11.6 Å². The minimum Gasteiger partial charge on any atom is -0.340 e. The van der Waals surface area contributed by atoms with Crippen molar-refractivity contribution in [1.82, 2.24) is 10.3 Å². The maximum absolute atomic E-state index is 14.2. The lowest BCUT2D eigenvalue weighted by Gasteiger charge is -2.35. The van der Waals surface area contributed by atoms with E-state index in [1.165, 1.54) is 12.1 Å². The molecule has 0 aliphatic carbocycles. The predicted octanol–water partition coefficient (Wildman–Crippen LogP) is 4.02. The Labute approximate surface area is 145 Å². The van der Waals surface area contributed by atoms with Crippen molar-refractivity contribution >= 4 is 11.7 Å². The molecule has 4 nitrogen and oxygen atoms in total. The van der Waals surface area contributed by atoms with Crippen LogP contribution >= 0.6 is 0 Å². The number of benzene rings is 2. The van der Waals surface area contributed by atoms with Crippen LogP contribution in [0.2, 0.25) is 0 Å². The molecule has 0 aromatic heterocycles. The molecule has 0 fully saturated rings. The fourth-order valence-electron chi connectivity index (χ4n) is 3.27. The van der Waals surface area contributed by atoms with E-state index in [1.807, 2.05) is 37.3 Å². The molecule has 6 heteroatoms. The van der Waals surface area contributed by atoms with Gasteiger partial charge in [0.15, 0.2) is 0 Å². The van der Waals surface area contributed by atoms with Gasteiger partial charge < -0.3 is 5.32 Å². The van der Waals surface area contributed by atoms with Crippen LogP contribution in [0.25, 0.3) is 0 Å². The van der Waals surface area contributed by atoms with Crippen molar-refractivity contribution in [2.45, 2.75) is 25.3 Å². The van der Waals surface area contributed by atoms with E-state index < -0.39 is 23.2 Å². The molecule has 130 valence electrons. The SMILES string of the molecule is CCC1(c2ccccc2)CC(c2cc(F)ccc2F)=NN1C(=O)NC. The lowest BCUT2D eigenvalue weighted by Crippen LogP contribution is -2.46. The third-order valence-electron chi connectivity index (χ3n) is 4.63. The third kappa shape index (κ3) is 2.88. The second-order valence-corrected chi connectivity index (χ2v) is 5.97. The molecule has 1 unspecified atom stereocenters. The van der Waals surface area contributed by atoms with Gasteiger partial charge in [-0.15, -0.1) is 0 Å². The average molecular weight is 343 g/mol. The molecule has 1 aliphatic heterocycles. The first-order valence-corrected chi connectivity index (χ1v) is 8.12. The zero-order valence-electron chi connectivity index (χ0n) is 14.1. The molecular weight excluding hydrogens is 324 g/mol. The summed E-state index contributed by atoms with van der Waals surface area (Å²) < 4.78 is 27.8. The number of urea groups is 1. The maximum atomic E-state index is 14.2. The summed E-state index contributed by atoms with van der Waals surface area (Å²) in [5.74, 6) is -1.10. The summed E-state index contributed by atoms with van der Waals surface area (Å²) in [6.45, 7) is 1.95. The van der Waals surface area contributed by atoms with Gasteiger partial charge in [-0.3, -0.25) is 0 Å². The summed E-state index contributed by atoms with van der Waals surface area (Å²) >= 11 is 0. The number of nitrogens with one attached hydrogen (secondary N) is 1. The summed E-state index contributed by atoms with van der Waals surface area (Å²) in [7, 11) is 1.52. The van der Waals surface area contributed by atoms with Crippen LogP contribution < -0.4 is 5.32 Å². The summed E-state index contributed by atoms with van der Waals surface area (Å²) in [4.78, 5) is 12.4. The maximum Gasteiger partial charge on any atom is 0.338 e. The Kier molecular flexibility index (Phi) is 4.53. The topological polar surface area (TPSA) is 44.7 Å². The molecule has 3 rings (SSSR count). The molecule has 1 heterocycles. The van der Waals surface area contributed by atoms with Crippen molar-refractivity contribution in [3.05, 3.63) is 71.3 Å². The van der Waals surface area contributed by atoms with E-state index in [2.05, 4.69) is 10.4 Å². The Morgan fingerprint density at radius 1 is 1.24 bits per heavy atom. The van der Waals surface area contributed by atoms with Crippen LogP contribution in [-0.4, -0.2) is 23.8 Å². The molecule has 1 N–H and O–H groups in total. The summed E-state index contributed by atoms with van der Waals surface area (Å²) in [6.07, 6.45) is 0.885. The van der Waals surface area contributed by atoms with E-state index in [1.54, 1.807) is 0 Å². The number of rotatable bonds is 3. The van der Waals surface area contributed by atoms with E-state index in [0.717, 1.165) is 23.8 Å². The molecule has 1 aliphatic rings. The van der Waals surface area contributed by atoms with Gasteiger partial charge in [0.1, 0.15) is 11.6 Å². The van der Waals surface area contributed by atoms with E-state index in [9.17, 15) is 13.6 Å². The van der Waals surface area contributed by atoms with Crippen LogP contribution in [0.5, 0.6) is 0 Å². The number of hydrogen-bond donors (Lipinski definition) is 1. The number of halogens is 2. The van der Waals surface area contributed by atoms with Gasteiger partial charge in [-0.2, -0.15) is 5.10 Å². The van der Waals surface area contributed by atoms with E-state index >= 15 is 0 Å². The monoisotopic (exact) mass is 343 g/mol. The highest BCUT2D eigenvalue weighted by Crippen LogP contribution is 2.42. The molecular formula is C19H19F2N3O. The van der Waals surface area contributed by atoms with Crippen molar-refractivity contribution in [3.63, 3.8) is 0 Å². The molecule has 25 heavy (non-hydrogen) atoms. The summed E-state index contributed by atoms with van der Waals surface area (Å²) in [5.41, 5.74) is 0.596. The number of hydrazone groups is 1. The standard InChI is InChI=1S/C19H19F2N3O/c1-3-19(13-7-5-4-6-8-13)12-17(23-24(19)18(25)22-2)15-11-14(20)9-10-16(15)21/h4-11H,3,12H2,1-2H3,(H,22,25). The molecule has 0 spiro atoms. The third-order valence-corrected chi connectivity index (χ3v) is 4.63. The van der Waals surface area contributed by atoms with Gasteiger partial charge in [0.05, 0.1) is 11.3 Å². The highest BCUT2D eigenvalue weighted by Gasteiger charge is 2.46. The van der Waals surface area contributed by atoms with Crippen molar-refractivity contribution < 1.29 is 13.6 Å². The zero-order chi connectivity index (χ0) is 18.0. The highest BCUT2D eigenvalue weighted by molar-refractivity contribution is 6.03. The van der Waals surface area contributed by atoms with Gasteiger partial charge >= 0.3 is 6.03 Å². The van der Waals surface area contributed by atoms with Gasteiger partial charge in [-0.1, -0.05) is 37.3 Å². The quantitative estimate of drug-likeness (QED) is 0.899. The molecule has 2 amide bonds. The number of amides is 2. The fraction of sp³-hybridized carbons (Fsp3) is 0.263. The highest BCUT2D eigenvalue weighted by atomic mass is 19.1. The predicted molar refractivity (Wildman–Crippen MR) is 92.2 cm³/mol. The Balaban J connectivity index is 2.12. The van der Waals surface area contributed by atoms with Crippen LogP contribution in [0.4, 0.5) is 13.6 Å². The van der Waals surface area contributed by atoms with Crippen molar-refractivity contribution in [2.24, 2.45) is 5.10 Å². The Morgan fingerprint density at radius 2 is 1.96 bits per heavy atom. The van der Waals surface area contributed by atoms with Gasteiger partial charge in [0.2, 0.25) is 0 Å². The molecule has 0 saturated carbocycles. The molecule has 0 bridgehead atoms. The molecule has 1 atom stereocenters. The van der Waals surface area contributed by atoms with Crippen LogP contribution in [0.15, 0.2) is 53.6 Å². The number of hydrogen-bond acceptors (Lipinski definition) is 2. The normalized spacial score (nSPS) is 19.7. The smallest absolute Gasteiger partial charge is 0.338 e. The van der Waals surface area contributed by atoms with E-state index in [0.29, 0.717) is 18.6 Å². The second kappa shape index (κ2) is 6.63. The first-order valence-electron chi connectivity index (χ1n) is 8.12. The minimum absolute atomic E-state index is 0.0835. The lowest BCUT2D eigenvalue weighted by atomic mass is 9.82. The van der Waals surface area contributed by atoms with E-state index in [4.69, 9.17) is 0 Å². The molecule has 0 saturated heterocycles. The van der Waals surface area contributed by atoms with Crippen molar-refractivity contribution in [2.75, 3.05) is 7.05 Å². The van der Waals surface area contributed by atoms with Crippen LogP contribution in [0.3, 0.4) is 0 Å². The largest absolute Gasteiger partial charge is 0.340 e. The Hall–Kier alpha value is -2.76. The lowest BCUT2D eigenvalue weighted by molar-refractivity contribution is 0.129. The molecule has 2 aromatic rings. The number of carbonyl (C=O) groups excluding carboxylic acids is 1. The van der Waals surface area contributed by atoms with Gasteiger partial charge in [0, 0.05) is 19.0 Å². The average Bonchev–Trinajstić information content (AvgIpc) is 3.04. The number of carbonyl (C=O) groups is 1. The van der Waals surface area contributed by atoms with Gasteiger partial charge in [-0.05, 0) is 30.2 Å². The fourth-order valence-corrected chi connectivity index (χ4v) is 3.27. The van der Waals surface area contributed by atoms with Gasteiger partial charge in [0.25, 0.3) is 0 Å². The van der Waals surface area contributed by atoms with Crippen molar-refractivity contribution in [3.8, 4) is 0 Å². The molecule has 2 aromatic carbocycles. The minimum atomic E-state index is -0.741. The van der Waals surface area contributed by atoms with Crippen molar-refractivity contribution in [1.29, 1.82) is 0 Å². The number of nitrogens with zero attached hydrogens (tertiary/aromatic N) is 2. The first-order chi connectivity index (χ1) is 12.0. The first kappa shape index (κ1) is 17.1. The molecule has 0 radical (unpaired) electrons. The second-order valence-electron chi connectivity index (χ2n) is 5.97. The summed E-state index contributed by atoms with van der Waals surface area (Å²) in [5, 5.41) is 8.29. The van der Waals surface area contributed by atoms with Crippen LogP contribution in [0.1, 0.15) is 30.9 Å². The van der Waals surface area contributed by atoms with E-state index in [-0.39, 0.29) is 5.56 Å².